The maximum atomic E-state index is 9.39. The summed E-state index contributed by atoms with van der Waals surface area (Å²) in [5, 5.41) is 13.6. The first-order chi connectivity index (χ1) is 9.02. The molecule has 0 aliphatic heterocycles. The average molecular weight is 261 g/mol. The predicted molar refractivity (Wildman–Crippen MR) is 74.7 cm³/mol. The Hall–Kier alpha value is -2.01. The van der Waals surface area contributed by atoms with Crippen LogP contribution in [-0.4, -0.2) is 29.0 Å². The third-order valence-corrected chi connectivity index (χ3v) is 3.00. The molecule has 1 N–H and O–H groups in total. The Bertz CT molecular complexity index is 576. The van der Waals surface area contributed by atoms with Crippen molar-refractivity contribution < 1.29 is 9.84 Å². The van der Waals surface area contributed by atoms with Gasteiger partial charge in [0.2, 0.25) is 5.88 Å². The molecule has 5 nitrogen and oxygen atoms in total. The summed E-state index contributed by atoms with van der Waals surface area (Å²) in [6.07, 6.45) is 0. The lowest BCUT2D eigenvalue weighted by Gasteiger charge is -2.14. The van der Waals surface area contributed by atoms with E-state index in [0.29, 0.717) is 5.88 Å². The number of aromatic nitrogens is 2. The van der Waals surface area contributed by atoms with Gasteiger partial charge in [0.1, 0.15) is 5.75 Å². The minimum Gasteiger partial charge on any atom is -0.439 e. The van der Waals surface area contributed by atoms with Crippen molar-refractivity contribution in [1.29, 1.82) is 0 Å². The minimum absolute atomic E-state index is 0.0810. The van der Waals surface area contributed by atoms with Crippen LogP contribution in [0.4, 0.5) is 5.69 Å². The summed E-state index contributed by atoms with van der Waals surface area (Å²) in [4.78, 5) is 2.01. The molecule has 0 saturated carbocycles. The van der Waals surface area contributed by atoms with Crippen molar-refractivity contribution in [2.24, 2.45) is 7.05 Å². The monoisotopic (exact) mass is 261 g/mol. The van der Waals surface area contributed by atoms with E-state index < -0.39 is 0 Å². The van der Waals surface area contributed by atoms with Crippen LogP contribution in [0.25, 0.3) is 0 Å². The lowest BCUT2D eigenvalue weighted by molar-refractivity contribution is 0.274. The number of hydrogen-bond acceptors (Lipinski definition) is 4. The second-order valence-corrected chi connectivity index (χ2v) is 4.64. The van der Waals surface area contributed by atoms with Gasteiger partial charge in [-0.15, -0.1) is 0 Å². The topological polar surface area (TPSA) is 50.5 Å². The minimum atomic E-state index is -0.0810. The van der Waals surface area contributed by atoms with Gasteiger partial charge in [-0.3, -0.25) is 0 Å². The maximum Gasteiger partial charge on any atom is 0.223 e. The summed E-state index contributed by atoms with van der Waals surface area (Å²) < 4.78 is 7.50. The zero-order valence-electron chi connectivity index (χ0n) is 11.7. The Morgan fingerprint density at radius 1 is 1.37 bits per heavy atom. The van der Waals surface area contributed by atoms with Crippen LogP contribution >= 0.6 is 0 Å². The Kier molecular flexibility index (Phi) is 3.76. The van der Waals surface area contributed by atoms with E-state index in [9.17, 15) is 5.11 Å². The molecule has 0 saturated heterocycles. The van der Waals surface area contributed by atoms with Crippen LogP contribution in [0.2, 0.25) is 0 Å². The summed E-state index contributed by atoms with van der Waals surface area (Å²) in [5.74, 6) is 1.31. The van der Waals surface area contributed by atoms with Crippen molar-refractivity contribution in [2.75, 3.05) is 19.0 Å². The lowest BCUT2D eigenvalue weighted by atomic mass is 10.2. The third-order valence-electron chi connectivity index (χ3n) is 3.00. The van der Waals surface area contributed by atoms with Crippen molar-refractivity contribution in [3.8, 4) is 11.6 Å². The van der Waals surface area contributed by atoms with Crippen LogP contribution < -0.4 is 9.64 Å². The van der Waals surface area contributed by atoms with Gasteiger partial charge in [0.25, 0.3) is 0 Å². The molecule has 1 aromatic carbocycles. The van der Waals surface area contributed by atoms with Gasteiger partial charge in [0, 0.05) is 32.9 Å². The molecule has 0 fully saturated rings. The molecule has 1 aromatic heterocycles. The van der Waals surface area contributed by atoms with Gasteiger partial charge in [-0.25, -0.2) is 4.68 Å². The summed E-state index contributed by atoms with van der Waals surface area (Å²) in [7, 11) is 5.76. The number of aliphatic hydroxyl groups is 1. The van der Waals surface area contributed by atoms with E-state index in [-0.39, 0.29) is 6.61 Å². The van der Waals surface area contributed by atoms with E-state index in [2.05, 4.69) is 5.10 Å². The van der Waals surface area contributed by atoms with E-state index in [4.69, 9.17) is 4.74 Å². The highest BCUT2D eigenvalue weighted by Gasteiger charge is 2.14. The number of anilines is 1. The third kappa shape index (κ3) is 2.71. The highest BCUT2D eigenvalue weighted by molar-refractivity contribution is 5.50. The molecule has 0 amide bonds. The van der Waals surface area contributed by atoms with Crippen LogP contribution in [0, 0.1) is 6.92 Å². The highest BCUT2D eigenvalue weighted by Crippen LogP contribution is 2.29. The molecule has 0 spiro atoms. The van der Waals surface area contributed by atoms with E-state index >= 15 is 0 Å². The fraction of sp³-hybridized carbons (Fsp3) is 0.357. The van der Waals surface area contributed by atoms with E-state index in [1.54, 1.807) is 11.7 Å². The predicted octanol–water partition coefficient (Wildman–Crippen LogP) is 2.08. The van der Waals surface area contributed by atoms with Gasteiger partial charge in [0.05, 0.1) is 17.9 Å². The smallest absolute Gasteiger partial charge is 0.223 e. The molecule has 0 atom stereocenters. The first-order valence-corrected chi connectivity index (χ1v) is 6.11. The number of nitrogens with zero attached hydrogens (tertiary/aromatic N) is 3. The molecule has 0 unspecified atom stereocenters. The van der Waals surface area contributed by atoms with Gasteiger partial charge in [-0.2, -0.15) is 5.10 Å². The number of ether oxygens (including phenoxy) is 1. The fourth-order valence-corrected chi connectivity index (χ4v) is 1.93. The quantitative estimate of drug-likeness (QED) is 0.915. The van der Waals surface area contributed by atoms with Gasteiger partial charge < -0.3 is 14.7 Å². The fourth-order valence-electron chi connectivity index (χ4n) is 1.93. The van der Waals surface area contributed by atoms with Crippen LogP contribution in [0.15, 0.2) is 24.3 Å². The number of benzene rings is 1. The summed E-state index contributed by atoms with van der Waals surface area (Å²) in [6.45, 7) is 1.77. The van der Waals surface area contributed by atoms with Crippen molar-refractivity contribution in [3.05, 3.63) is 35.5 Å². The molecule has 2 aromatic rings. The molecule has 2 rings (SSSR count). The van der Waals surface area contributed by atoms with Crippen molar-refractivity contribution in [1.82, 2.24) is 9.78 Å². The lowest BCUT2D eigenvalue weighted by Crippen LogP contribution is -2.08. The normalized spacial score (nSPS) is 10.6. The highest BCUT2D eigenvalue weighted by atomic mass is 16.5. The Morgan fingerprint density at radius 2 is 2.11 bits per heavy atom. The average Bonchev–Trinajstić information content (AvgIpc) is 2.64. The largest absolute Gasteiger partial charge is 0.439 e. The van der Waals surface area contributed by atoms with Gasteiger partial charge in [0.15, 0.2) is 0 Å². The van der Waals surface area contributed by atoms with E-state index in [1.807, 2.05) is 50.2 Å². The van der Waals surface area contributed by atoms with E-state index in [0.717, 1.165) is 22.7 Å². The van der Waals surface area contributed by atoms with Crippen LogP contribution in [-0.2, 0) is 13.7 Å². The van der Waals surface area contributed by atoms with Gasteiger partial charge in [-0.1, -0.05) is 6.07 Å². The molecular formula is C14H19N3O2. The van der Waals surface area contributed by atoms with Gasteiger partial charge >= 0.3 is 0 Å². The Morgan fingerprint density at radius 3 is 2.74 bits per heavy atom. The van der Waals surface area contributed by atoms with Crippen molar-refractivity contribution in [2.45, 2.75) is 13.5 Å². The second kappa shape index (κ2) is 5.32. The Labute approximate surface area is 113 Å². The number of aliphatic hydroxyl groups excluding tert-OH is 1. The first kappa shape index (κ1) is 13.4. The van der Waals surface area contributed by atoms with Crippen LogP contribution in [0.3, 0.4) is 0 Å². The number of hydrogen-bond donors (Lipinski definition) is 1. The van der Waals surface area contributed by atoms with Crippen molar-refractivity contribution in [3.63, 3.8) is 0 Å². The van der Waals surface area contributed by atoms with Crippen molar-refractivity contribution >= 4 is 5.69 Å². The Balaban J connectivity index is 2.33. The molecule has 1 heterocycles. The summed E-state index contributed by atoms with van der Waals surface area (Å²) >= 11 is 0. The maximum absolute atomic E-state index is 9.39. The van der Waals surface area contributed by atoms with Crippen LogP contribution in [0.5, 0.6) is 11.6 Å². The molecule has 102 valence electrons. The van der Waals surface area contributed by atoms with Crippen LogP contribution in [0.1, 0.15) is 11.3 Å². The SMILES string of the molecule is Cc1nn(C)c(Oc2cccc(N(C)C)c2)c1CO. The second-order valence-electron chi connectivity index (χ2n) is 4.64. The summed E-state index contributed by atoms with van der Waals surface area (Å²) in [6, 6.07) is 7.78. The molecule has 19 heavy (non-hydrogen) atoms. The standard InChI is InChI=1S/C14H19N3O2/c1-10-13(9-18)14(17(4)15-10)19-12-7-5-6-11(8-12)16(2)3/h5-8,18H,9H2,1-4H3. The zero-order valence-corrected chi connectivity index (χ0v) is 11.7. The summed E-state index contributed by atoms with van der Waals surface area (Å²) in [5.41, 5.74) is 2.56. The first-order valence-electron chi connectivity index (χ1n) is 6.11. The van der Waals surface area contributed by atoms with Gasteiger partial charge in [-0.05, 0) is 19.1 Å². The molecule has 0 aliphatic rings. The molecule has 0 aliphatic carbocycles. The number of rotatable bonds is 4. The molecular weight excluding hydrogens is 242 g/mol. The zero-order chi connectivity index (χ0) is 14.0. The number of aryl methyl sites for hydroxylation is 2. The molecule has 5 heteroatoms. The molecule has 0 radical (unpaired) electrons. The molecule has 0 bridgehead atoms. The van der Waals surface area contributed by atoms with E-state index in [1.165, 1.54) is 0 Å².